The highest BCUT2D eigenvalue weighted by Gasteiger charge is 1.96. The maximum Gasteiger partial charge on any atom is 0.168 e. The molecule has 0 aliphatic carbocycles. The van der Waals surface area contributed by atoms with Gasteiger partial charge < -0.3 is 9.90 Å². The molecule has 13 heavy (non-hydrogen) atoms. The van der Waals surface area contributed by atoms with E-state index in [1.54, 1.807) is 0 Å². The fraction of sp³-hybridized carbons (Fsp3) is 0.400. The molecule has 0 aliphatic heterocycles. The van der Waals surface area contributed by atoms with Crippen molar-refractivity contribution in [1.82, 2.24) is 0 Å². The fourth-order valence-electron chi connectivity index (χ4n) is 0.989. The number of carbonyl (C=O) groups excluding carboxylic acids is 1. The van der Waals surface area contributed by atoms with Crippen LogP contribution in [0.25, 0.3) is 0 Å². The number of nitrogens with zero attached hydrogens (tertiary/aromatic N) is 1. The Morgan fingerprint density at radius 2 is 1.85 bits per heavy atom. The Kier molecular flexibility index (Phi) is 5.52. The molecule has 0 saturated carbocycles. The Morgan fingerprint density at radius 1 is 1.23 bits per heavy atom. The standard InChI is InChI=1S/C9H11NO2.CH4/c11-9(12)5-4-8-10-6-2-1-3-7-10;/h1-3,6-7H,4-5,8H2;1H4. The lowest BCUT2D eigenvalue weighted by Crippen LogP contribution is -2.33. The van der Waals surface area contributed by atoms with Gasteiger partial charge in [0, 0.05) is 24.5 Å². The van der Waals surface area contributed by atoms with Gasteiger partial charge in [-0.15, -0.1) is 0 Å². The predicted molar refractivity (Wildman–Crippen MR) is 47.6 cm³/mol. The molecule has 0 radical (unpaired) electrons. The third-order valence-corrected chi connectivity index (χ3v) is 1.57. The van der Waals surface area contributed by atoms with Gasteiger partial charge in [-0.05, 0) is 6.42 Å². The van der Waals surface area contributed by atoms with Crippen LogP contribution >= 0.6 is 0 Å². The first-order valence-corrected chi connectivity index (χ1v) is 3.93. The minimum Gasteiger partial charge on any atom is -0.550 e. The Bertz CT molecular complexity index is 246. The molecule has 1 rings (SSSR count). The molecular weight excluding hydrogens is 166 g/mol. The Balaban J connectivity index is 0.00000144. The second-order valence-electron chi connectivity index (χ2n) is 2.59. The predicted octanol–water partition coefficient (Wildman–Crippen LogP) is 0.140. The van der Waals surface area contributed by atoms with Crippen molar-refractivity contribution in [2.24, 2.45) is 0 Å². The number of pyridine rings is 1. The molecular formula is C10H15NO2. The summed E-state index contributed by atoms with van der Waals surface area (Å²) in [5.41, 5.74) is 0. The summed E-state index contributed by atoms with van der Waals surface area (Å²) in [5.74, 6) is -0.980. The van der Waals surface area contributed by atoms with Crippen LogP contribution in [0.15, 0.2) is 30.6 Å². The van der Waals surface area contributed by atoms with Crippen LogP contribution in [0.4, 0.5) is 0 Å². The fourth-order valence-corrected chi connectivity index (χ4v) is 0.989. The maximum atomic E-state index is 10.1. The van der Waals surface area contributed by atoms with Gasteiger partial charge in [0.2, 0.25) is 0 Å². The normalized spacial score (nSPS) is 8.92. The van der Waals surface area contributed by atoms with Crippen molar-refractivity contribution in [3.8, 4) is 0 Å². The van der Waals surface area contributed by atoms with Gasteiger partial charge in [-0.25, -0.2) is 4.57 Å². The third-order valence-electron chi connectivity index (χ3n) is 1.57. The molecule has 1 aromatic rings. The number of aliphatic carboxylic acids is 1. The van der Waals surface area contributed by atoms with E-state index < -0.39 is 5.97 Å². The molecule has 72 valence electrons. The van der Waals surface area contributed by atoms with Crippen LogP contribution in [-0.2, 0) is 11.3 Å². The van der Waals surface area contributed by atoms with E-state index in [0.717, 1.165) is 6.54 Å². The number of hydrogen-bond acceptors (Lipinski definition) is 2. The number of aryl methyl sites for hydroxylation is 1. The third kappa shape index (κ3) is 4.95. The van der Waals surface area contributed by atoms with Crippen LogP contribution in [0.3, 0.4) is 0 Å². The summed E-state index contributed by atoms with van der Waals surface area (Å²) in [7, 11) is 0. The molecule has 0 spiro atoms. The molecule has 3 nitrogen and oxygen atoms in total. The summed E-state index contributed by atoms with van der Waals surface area (Å²) >= 11 is 0. The molecule has 0 amide bonds. The molecule has 0 N–H and O–H groups in total. The summed E-state index contributed by atoms with van der Waals surface area (Å²) in [6, 6.07) is 5.76. The number of carboxylic acids is 1. The molecule has 0 saturated heterocycles. The zero-order valence-electron chi connectivity index (χ0n) is 6.77. The topological polar surface area (TPSA) is 44.0 Å². The van der Waals surface area contributed by atoms with Crippen LogP contribution in [0.5, 0.6) is 0 Å². The van der Waals surface area contributed by atoms with Crippen LogP contribution in [0.2, 0.25) is 0 Å². The molecule has 0 fully saturated rings. The molecule has 0 unspecified atom stereocenters. The Labute approximate surface area is 78.6 Å². The summed E-state index contributed by atoms with van der Waals surface area (Å²) in [6.07, 6.45) is 4.57. The average molecular weight is 181 g/mol. The van der Waals surface area contributed by atoms with Gasteiger partial charge in [0.25, 0.3) is 0 Å². The van der Waals surface area contributed by atoms with E-state index >= 15 is 0 Å². The van der Waals surface area contributed by atoms with Gasteiger partial charge in [0.15, 0.2) is 12.4 Å². The minimum absolute atomic E-state index is 0. The van der Waals surface area contributed by atoms with Crippen molar-refractivity contribution < 1.29 is 14.5 Å². The second-order valence-corrected chi connectivity index (χ2v) is 2.59. The molecule has 0 aliphatic rings. The molecule has 0 aromatic carbocycles. The zero-order chi connectivity index (χ0) is 8.81. The van der Waals surface area contributed by atoms with Crippen LogP contribution in [-0.4, -0.2) is 5.97 Å². The minimum atomic E-state index is -0.980. The molecule has 1 aromatic heterocycles. The smallest absolute Gasteiger partial charge is 0.168 e. The summed E-state index contributed by atoms with van der Waals surface area (Å²) < 4.78 is 1.95. The number of hydrogen-bond donors (Lipinski definition) is 0. The first-order chi connectivity index (χ1) is 5.79. The van der Waals surface area contributed by atoms with Crippen molar-refractivity contribution >= 4 is 5.97 Å². The van der Waals surface area contributed by atoms with Gasteiger partial charge in [-0.3, -0.25) is 0 Å². The van der Waals surface area contributed by atoms with Crippen molar-refractivity contribution in [2.75, 3.05) is 0 Å². The second kappa shape index (κ2) is 6.17. The van der Waals surface area contributed by atoms with E-state index in [2.05, 4.69) is 0 Å². The SMILES string of the molecule is C.O=C([O-])CCC[n+]1ccccc1. The van der Waals surface area contributed by atoms with Gasteiger partial charge in [-0.1, -0.05) is 13.5 Å². The first kappa shape index (κ1) is 11.6. The summed E-state index contributed by atoms with van der Waals surface area (Å²) in [5, 5.41) is 10.1. The van der Waals surface area contributed by atoms with E-state index in [-0.39, 0.29) is 13.8 Å². The van der Waals surface area contributed by atoms with Gasteiger partial charge >= 0.3 is 0 Å². The van der Waals surface area contributed by atoms with Gasteiger partial charge in [-0.2, -0.15) is 0 Å². The quantitative estimate of drug-likeness (QED) is 0.620. The molecule has 3 heteroatoms. The summed E-state index contributed by atoms with van der Waals surface area (Å²) in [4.78, 5) is 10.1. The lowest BCUT2D eigenvalue weighted by molar-refractivity contribution is -0.697. The average Bonchev–Trinajstić information content (AvgIpc) is 2.05. The van der Waals surface area contributed by atoms with E-state index in [9.17, 15) is 9.90 Å². The van der Waals surface area contributed by atoms with Crippen LogP contribution in [0, 0.1) is 0 Å². The number of aromatic nitrogens is 1. The Morgan fingerprint density at radius 3 is 2.38 bits per heavy atom. The van der Waals surface area contributed by atoms with Crippen molar-refractivity contribution in [3.05, 3.63) is 30.6 Å². The van der Waals surface area contributed by atoms with E-state index in [1.165, 1.54) is 0 Å². The van der Waals surface area contributed by atoms with Crippen molar-refractivity contribution in [1.29, 1.82) is 0 Å². The van der Waals surface area contributed by atoms with Gasteiger partial charge in [0.05, 0.1) is 0 Å². The number of carbonyl (C=O) groups is 1. The molecule has 0 bridgehead atoms. The first-order valence-electron chi connectivity index (χ1n) is 3.93. The zero-order valence-corrected chi connectivity index (χ0v) is 6.77. The highest BCUT2D eigenvalue weighted by Crippen LogP contribution is 1.86. The van der Waals surface area contributed by atoms with Crippen LogP contribution < -0.4 is 9.67 Å². The maximum absolute atomic E-state index is 10.1. The largest absolute Gasteiger partial charge is 0.550 e. The highest BCUT2D eigenvalue weighted by molar-refractivity contribution is 5.63. The number of rotatable bonds is 4. The highest BCUT2D eigenvalue weighted by atomic mass is 16.4. The molecule has 0 atom stereocenters. The van der Waals surface area contributed by atoms with Gasteiger partial charge in [0.1, 0.15) is 6.54 Å². The lowest BCUT2D eigenvalue weighted by Gasteiger charge is -1.98. The molecule has 1 heterocycles. The van der Waals surface area contributed by atoms with E-state index in [1.807, 2.05) is 35.2 Å². The van der Waals surface area contributed by atoms with Crippen molar-refractivity contribution in [3.63, 3.8) is 0 Å². The summed E-state index contributed by atoms with van der Waals surface area (Å²) in [6.45, 7) is 0.731. The van der Waals surface area contributed by atoms with E-state index in [4.69, 9.17) is 0 Å². The van der Waals surface area contributed by atoms with Crippen LogP contribution in [0.1, 0.15) is 20.3 Å². The number of carboxylic acid groups (broad SMARTS) is 1. The van der Waals surface area contributed by atoms with Crippen molar-refractivity contribution in [2.45, 2.75) is 26.8 Å². The monoisotopic (exact) mass is 181 g/mol. The van der Waals surface area contributed by atoms with E-state index in [0.29, 0.717) is 6.42 Å². The lowest BCUT2D eigenvalue weighted by atomic mass is 10.3. The Hall–Kier alpha value is -1.38.